The van der Waals surface area contributed by atoms with Gasteiger partial charge in [-0.25, -0.2) is 0 Å². The highest BCUT2D eigenvalue weighted by atomic mass is 35.5. The van der Waals surface area contributed by atoms with Crippen molar-refractivity contribution in [3.05, 3.63) is 58.6 Å². The van der Waals surface area contributed by atoms with Crippen LogP contribution in [0.3, 0.4) is 0 Å². The van der Waals surface area contributed by atoms with E-state index in [1.807, 2.05) is 12.1 Å². The summed E-state index contributed by atoms with van der Waals surface area (Å²) < 4.78 is 5.37. The zero-order valence-corrected chi connectivity index (χ0v) is 15.5. The minimum absolute atomic E-state index is 0.520. The predicted octanol–water partition coefficient (Wildman–Crippen LogP) is 4.84. The Bertz CT molecular complexity index is 733. The molecule has 1 fully saturated rings. The van der Waals surface area contributed by atoms with Crippen molar-refractivity contribution < 1.29 is 4.74 Å². The van der Waals surface area contributed by atoms with Crippen LogP contribution in [-0.4, -0.2) is 30.2 Å². The molecule has 1 aliphatic rings. The molecular weight excluding hydrogens is 340 g/mol. The summed E-state index contributed by atoms with van der Waals surface area (Å²) in [7, 11) is 1.64. The molecule has 0 radical (unpaired) electrons. The Hall–Kier alpha value is -1.78. The first-order valence-corrected chi connectivity index (χ1v) is 8.81. The van der Waals surface area contributed by atoms with Crippen LogP contribution in [0, 0.1) is 6.92 Å². The molecule has 0 unspecified atom stereocenters. The largest absolute Gasteiger partial charge is 0.495 e. The number of nitrogens with zero attached hydrogens (tertiary/aromatic N) is 1. The van der Waals surface area contributed by atoms with Crippen molar-refractivity contribution in [2.75, 3.05) is 25.5 Å². The second-order valence-corrected chi connectivity index (χ2v) is 6.94. The maximum absolute atomic E-state index is 6.08. The van der Waals surface area contributed by atoms with E-state index < -0.39 is 0 Å². The van der Waals surface area contributed by atoms with Crippen molar-refractivity contribution in [3.8, 4) is 5.75 Å². The number of halogens is 1. The molecule has 2 aromatic carbocycles. The van der Waals surface area contributed by atoms with Crippen molar-refractivity contribution in [1.29, 1.82) is 0 Å². The van der Waals surface area contributed by atoms with Gasteiger partial charge in [0.05, 0.1) is 12.8 Å². The first-order chi connectivity index (χ1) is 11.6. The lowest BCUT2D eigenvalue weighted by molar-refractivity contribution is 0.416. The number of aryl methyl sites for hydroxylation is 1. The molecule has 126 valence electrons. The number of hydrogen-bond donors (Lipinski definition) is 1. The number of likely N-dealkylation sites (tertiary alicyclic amines) is 1. The molecule has 0 aliphatic carbocycles. The molecule has 0 saturated carbocycles. The van der Waals surface area contributed by atoms with E-state index in [1.165, 1.54) is 11.1 Å². The predicted molar refractivity (Wildman–Crippen MR) is 104 cm³/mol. The van der Waals surface area contributed by atoms with Crippen LogP contribution in [0.2, 0.25) is 5.02 Å². The zero-order chi connectivity index (χ0) is 17.1. The standard InChI is InChI=1S/C19H21ClN2OS/c1-13-3-5-14(6-4-13)15-9-10-22(12-15)19(24)21-17-11-16(20)7-8-18(17)23-2/h3-8,11,15H,9-10,12H2,1-2H3,(H,21,24)/t15-/m1/s1. The van der Waals surface area contributed by atoms with Gasteiger partial charge in [-0.05, 0) is 49.3 Å². The van der Waals surface area contributed by atoms with Crippen LogP contribution in [0.1, 0.15) is 23.5 Å². The number of ether oxygens (including phenoxy) is 1. The van der Waals surface area contributed by atoms with Crippen LogP contribution in [0.25, 0.3) is 0 Å². The van der Waals surface area contributed by atoms with Crippen molar-refractivity contribution in [3.63, 3.8) is 0 Å². The fourth-order valence-corrected chi connectivity index (χ4v) is 3.48. The van der Waals surface area contributed by atoms with Gasteiger partial charge in [-0.1, -0.05) is 41.4 Å². The van der Waals surface area contributed by atoms with E-state index in [0.29, 0.717) is 16.1 Å². The van der Waals surface area contributed by atoms with Crippen molar-refractivity contribution >= 4 is 34.6 Å². The van der Waals surface area contributed by atoms with E-state index in [0.717, 1.165) is 30.9 Å². The lowest BCUT2D eigenvalue weighted by Crippen LogP contribution is -2.32. The van der Waals surface area contributed by atoms with Crippen LogP contribution in [0.15, 0.2) is 42.5 Å². The van der Waals surface area contributed by atoms with Gasteiger partial charge in [0.25, 0.3) is 0 Å². The number of benzene rings is 2. The maximum Gasteiger partial charge on any atom is 0.173 e. The molecule has 24 heavy (non-hydrogen) atoms. The Morgan fingerprint density at radius 3 is 2.71 bits per heavy atom. The minimum Gasteiger partial charge on any atom is -0.495 e. The topological polar surface area (TPSA) is 24.5 Å². The second kappa shape index (κ2) is 7.41. The molecule has 3 rings (SSSR count). The third-order valence-corrected chi connectivity index (χ3v) is 5.02. The Kier molecular flexibility index (Phi) is 5.27. The van der Waals surface area contributed by atoms with Gasteiger partial charge in [-0.3, -0.25) is 0 Å². The summed E-state index contributed by atoms with van der Waals surface area (Å²) in [6.07, 6.45) is 1.11. The van der Waals surface area contributed by atoms with Gasteiger partial charge in [-0.2, -0.15) is 0 Å². The summed E-state index contributed by atoms with van der Waals surface area (Å²) in [6.45, 7) is 3.99. The summed E-state index contributed by atoms with van der Waals surface area (Å²) in [5, 5.41) is 4.64. The van der Waals surface area contributed by atoms with E-state index in [2.05, 4.69) is 41.4 Å². The summed E-state index contributed by atoms with van der Waals surface area (Å²) in [4.78, 5) is 2.21. The maximum atomic E-state index is 6.08. The van der Waals surface area contributed by atoms with Crippen LogP contribution >= 0.6 is 23.8 Å². The van der Waals surface area contributed by atoms with E-state index in [1.54, 1.807) is 13.2 Å². The van der Waals surface area contributed by atoms with Crippen LogP contribution < -0.4 is 10.1 Å². The lowest BCUT2D eigenvalue weighted by Gasteiger charge is -2.22. The Balaban J connectivity index is 1.66. The second-order valence-electron chi connectivity index (χ2n) is 6.12. The third-order valence-electron chi connectivity index (χ3n) is 4.43. The van der Waals surface area contributed by atoms with Gasteiger partial charge in [0.1, 0.15) is 5.75 Å². The van der Waals surface area contributed by atoms with Crippen molar-refractivity contribution in [1.82, 2.24) is 4.90 Å². The number of nitrogens with one attached hydrogen (secondary N) is 1. The van der Waals surface area contributed by atoms with Crippen molar-refractivity contribution in [2.45, 2.75) is 19.3 Å². The number of hydrogen-bond acceptors (Lipinski definition) is 2. The number of methoxy groups -OCH3 is 1. The molecule has 1 saturated heterocycles. The quantitative estimate of drug-likeness (QED) is 0.791. The van der Waals surface area contributed by atoms with E-state index >= 15 is 0 Å². The van der Waals surface area contributed by atoms with Gasteiger partial charge in [0.2, 0.25) is 0 Å². The van der Waals surface area contributed by atoms with Crippen LogP contribution in [0.4, 0.5) is 5.69 Å². The molecule has 1 aliphatic heterocycles. The van der Waals surface area contributed by atoms with Crippen molar-refractivity contribution in [2.24, 2.45) is 0 Å². The highest BCUT2D eigenvalue weighted by molar-refractivity contribution is 7.80. The summed E-state index contributed by atoms with van der Waals surface area (Å²) in [5.41, 5.74) is 3.47. The molecule has 2 aromatic rings. The SMILES string of the molecule is COc1ccc(Cl)cc1NC(=S)N1CC[C@@H](c2ccc(C)cc2)C1. The minimum atomic E-state index is 0.520. The molecule has 1 N–H and O–H groups in total. The van der Waals surface area contributed by atoms with Gasteiger partial charge in [-0.15, -0.1) is 0 Å². The molecule has 1 atom stereocenters. The first-order valence-electron chi connectivity index (χ1n) is 8.03. The number of anilines is 1. The summed E-state index contributed by atoms with van der Waals surface area (Å²) in [5.74, 6) is 1.25. The van der Waals surface area contributed by atoms with E-state index in [4.69, 9.17) is 28.6 Å². The Labute approximate surface area is 153 Å². The molecule has 0 aromatic heterocycles. The number of rotatable bonds is 3. The molecule has 0 spiro atoms. The lowest BCUT2D eigenvalue weighted by atomic mass is 9.98. The molecule has 5 heteroatoms. The highest BCUT2D eigenvalue weighted by Gasteiger charge is 2.25. The fourth-order valence-electron chi connectivity index (χ4n) is 3.03. The smallest absolute Gasteiger partial charge is 0.173 e. The van der Waals surface area contributed by atoms with Crippen LogP contribution in [0.5, 0.6) is 5.75 Å². The summed E-state index contributed by atoms with van der Waals surface area (Å²) >= 11 is 11.7. The normalized spacial score (nSPS) is 17.0. The van der Waals surface area contributed by atoms with Gasteiger partial charge in [0.15, 0.2) is 5.11 Å². The first kappa shape index (κ1) is 17.1. The third kappa shape index (κ3) is 3.82. The van der Waals surface area contributed by atoms with E-state index in [9.17, 15) is 0 Å². The van der Waals surface area contributed by atoms with E-state index in [-0.39, 0.29) is 0 Å². The average molecular weight is 361 g/mol. The van der Waals surface area contributed by atoms with Gasteiger partial charge in [0, 0.05) is 24.0 Å². The monoisotopic (exact) mass is 360 g/mol. The van der Waals surface area contributed by atoms with Gasteiger partial charge >= 0.3 is 0 Å². The number of thiocarbonyl (C=S) groups is 1. The Morgan fingerprint density at radius 1 is 1.25 bits per heavy atom. The fraction of sp³-hybridized carbons (Fsp3) is 0.316. The molecule has 0 amide bonds. The molecule has 3 nitrogen and oxygen atoms in total. The average Bonchev–Trinajstić information content (AvgIpc) is 3.06. The summed E-state index contributed by atoms with van der Waals surface area (Å²) in [6, 6.07) is 14.3. The zero-order valence-electron chi connectivity index (χ0n) is 13.9. The molecule has 1 heterocycles. The van der Waals surface area contributed by atoms with Crippen LogP contribution in [-0.2, 0) is 0 Å². The molecule has 0 bridgehead atoms. The molecular formula is C19H21ClN2OS. The van der Waals surface area contributed by atoms with Gasteiger partial charge < -0.3 is 15.0 Å². The Morgan fingerprint density at radius 2 is 2.00 bits per heavy atom. The highest BCUT2D eigenvalue weighted by Crippen LogP contribution is 2.30.